The summed E-state index contributed by atoms with van der Waals surface area (Å²) in [5.41, 5.74) is 6.04. The molecule has 68 valence electrons. The molecule has 1 unspecified atom stereocenters. The highest BCUT2D eigenvalue weighted by Gasteiger charge is 2.15. The van der Waals surface area contributed by atoms with Gasteiger partial charge in [0.05, 0.1) is 11.6 Å². The Bertz CT molecular complexity index is 344. The molecule has 2 heteroatoms. The Morgan fingerprint density at radius 1 is 1.38 bits per heavy atom. The van der Waals surface area contributed by atoms with Crippen molar-refractivity contribution < 1.29 is 0 Å². The van der Waals surface area contributed by atoms with Gasteiger partial charge < -0.3 is 0 Å². The second-order valence-corrected chi connectivity index (χ2v) is 4.34. The van der Waals surface area contributed by atoms with E-state index in [1.165, 1.54) is 16.7 Å². The van der Waals surface area contributed by atoms with Crippen molar-refractivity contribution in [1.29, 1.82) is 0 Å². The van der Waals surface area contributed by atoms with Crippen LogP contribution in [0.1, 0.15) is 22.7 Å². The maximum absolute atomic E-state index is 4.45. The van der Waals surface area contributed by atoms with Crippen molar-refractivity contribution in [2.45, 2.75) is 19.9 Å². The predicted molar refractivity (Wildman–Crippen MR) is 59.6 cm³/mol. The van der Waals surface area contributed by atoms with Crippen molar-refractivity contribution in [2.24, 2.45) is 4.99 Å². The van der Waals surface area contributed by atoms with E-state index in [9.17, 15) is 0 Å². The standard InChI is InChI=1S/C11H13NS/c1-8-3-4-9(2)10(5-8)11-6-13-7-12-11/h3-5,7,11H,6H2,1-2H3. The van der Waals surface area contributed by atoms with E-state index < -0.39 is 0 Å². The van der Waals surface area contributed by atoms with Crippen LogP contribution in [0, 0.1) is 13.8 Å². The SMILES string of the molecule is Cc1ccc(C)c(C2CSC=N2)c1. The number of nitrogens with zero attached hydrogens (tertiary/aromatic N) is 1. The maximum atomic E-state index is 4.45. The molecule has 0 radical (unpaired) electrons. The summed E-state index contributed by atoms with van der Waals surface area (Å²) in [6, 6.07) is 6.99. The lowest BCUT2D eigenvalue weighted by atomic mass is 10.0. The second kappa shape index (κ2) is 3.54. The van der Waals surface area contributed by atoms with Gasteiger partial charge >= 0.3 is 0 Å². The summed E-state index contributed by atoms with van der Waals surface area (Å²) in [5.74, 6) is 1.10. The van der Waals surface area contributed by atoms with Crippen molar-refractivity contribution in [3.8, 4) is 0 Å². The Morgan fingerprint density at radius 2 is 2.23 bits per heavy atom. The van der Waals surface area contributed by atoms with Crippen LogP contribution in [0.4, 0.5) is 0 Å². The molecule has 0 N–H and O–H groups in total. The van der Waals surface area contributed by atoms with Gasteiger partial charge in [-0.15, -0.1) is 11.8 Å². The molecule has 0 spiro atoms. The largest absolute Gasteiger partial charge is 0.277 e. The third-order valence-corrected chi connectivity index (χ3v) is 3.14. The van der Waals surface area contributed by atoms with Crippen LogP contribution in [-0.2, 0) is 0 Å². The Morgan fingerprint density at radius 3 is 2.92 bits per heavy atom. The molecule has 2 rings (SSSR count). The van der Waals surface area contributed by atoms with Gasteiger partial charge in [-0.25, -0.2) is 0 Å². The van der Waals surface area contributed by atoms with E-state index in [1.807, 2.05) is 5.55 Å². The minimum Gasteiger partial charge on any atom is -0.277 e. The number of aliphatic imine (C=N–C) groups is 1. The second-order valence-electron chi connectivity index (χ2n) is 3.46. The van der Waals surface area contributed by atoms with Gasteiger partial charge in [-0.1, -0.05) is 23.8 Å². The monoisotopic (exact) mass is 191 g/mol. The third kappa shape index (κ3) is 1.78. The van der Waals surface area contributed by atoms with Gasteiger partial charge in [0.1, 0.15) is 0 Å². The lowest BCUT2D eigenvalue weighted by Gasteiger charge is -2.10. The number of benzene rings is 1. The van der Waals surface area contributed by atoms with E-state index in [-0.39, 0.29) is 0 Å². The highest BCUT2D eigenvalue weighted by atomic mass is 32.2. The first-order valence-corrected chi connectivity index (χ1v) is 5.52. The first-order valence-electron chi connectivity index (χ1n) is 4.48. The summed E-state index contributed by atoms with van der Waals surface area (Å²) in [7, 11) is 0. The normalized spacial score (nSPS) is 20.9. The molecular weight excluding hydrogens is 178 g/mol. The molecule has 1 aromatic carbocycles. The first kappa shape index (κ1) is 8.82. The van der Waals surface area contributed by atoms with Crippen LogP contribution < -0.4 is 0 Å². The maximum Gasteiger partial charge on any atom is 0.0851 e. The van der Waals surface area contributed by atoms with E-state index in [1.54, 1.807) is 11.8 Å². The molecule has 1 aromatic rings. The van der Waals surface area contributed by atoms with Crippen LogP contribution in [-0.4, -0.2) is 11.3 Å². The number of aryl methyl sites for hydroxylation is 2. The summed E-state index contributed by atoms with van der Waals surface area (Å²) in [4.78, 5) is 4.45. The van der Waals surface area contributed by atoms with Crippen molar-refractivity contribution in [1.82, 2.24) is 0 Å². The first-order chi connectivity index (χ1) is 6.27. The lowest BCUT2D eigenvalue weighted by Crippen LogP contribution is -1.98. The highest BCUT2D eigenvalue weighted by molar-refractivity contribution is 8.12. The van der Waals surface area contributed by atoms with E-state index in [0.717, 1.165) is 5.75 Å². The Hall–Kier alpha value is -0.760. The number of rotatable bonds is 1. The summed E-state index contributed by atoms with van der Waals surface area (Å²) in [5, 5.41) is 0. The average molecular weight is 191 g/mol. The summed E-state index contributed by atoms with van der Waals surface area (Å²) in [6.45, 7) is 4.29. The molecular formula is C11H13NS. The molecule has 0 bridgehead atoms. The molecule has 0 aromatic heterocycles. The fourth-order valence-electron chi connectivity index (χ4n) is 1.58. The van der Waals surface area contributed by atoms with Gasteiger partial charge in [0.25, 0.3) is 0 Å². The van der Waals surface area contributed by atoms with Crippen molar-refractivity contribution in [3.05, 3.63) is 34.9 Å². The third-order valence-electron chi connectivity index (χ3n) is 2.36. The van der Waals surface area contributed by atoms with Crippen LogP contribution in [0.5, 0.6) is 0 Å². The minimum atomic E-state index is 0.393. The number of hydrogen-bond acceptors (Lipinski definition) is 2. The Labute approximate surface area is 83.3 Å². The van der Waals surface area contributed by atoms with Crippen LogP contribution in [0.3, 0.4) is 0 Å². The van der Waals surface area contributed by atoms with Gasteiger partial charge in [-0.3, -0.25) is 4.99 Å². The van der Waals surface area contributed by atoms with E-state index in [0.29, 0.717) is 6.04 Å². The summed E-state index contributed by atoms with van der Waals surface area (Å²) < 4.78 is 0. The molecule has 0 saturated heterocycles. The number of thioether (sulfide) groups is 1. The average Bonchev–Trinajstić information content (AvgIpc) is 2.61. The fourth-order valence-corrected chi connectivity index (χ4v) is 2.35. The molecule has 13 heavy (non-hydrogen) atoms. The van der Waals surface area contributed by atoms with Crippen molar-refractivity contribution in [2.75, 3.05) is 5.75 Å². The Kier molecular flexibility index (Phi) is 2.40. The molecule has 1 atom stereocenters. The van der Waals surface area contributed by atoms with Gasteiger partial charge in [0.2, 0.25) is 0 Å². The minimum absolute atomic E-state index is 0.393. The van der Waals surface area contributed by atoms with E-state index >= 15 is 0 Å². The number of hydrogen-bond donors (Lipinski definition) is 0. The van der Waals surface area contributed by atoms with Crippen LogP contribution in [0.15, 0.2) is 23.2 Å². The zero-order chi connectivity index (χ0) is 9.26. The van der Waals surface area contributed by atoms with Crippen LogP contribution in [0.25, 0.3) is 0 Å². The van der Waals surface area contributed by atoms with Gasteiger partial charge in [-0.05, 0) is 25.0 Å². The predicted octanol–water partition coefficient (Wildman–Crippen LogP) is 3.12. The molecule has 1 aliphatic rings. The lowest BCUT2D eigenvalue weighted by molar-refractivity contribution is 0.841. The van der Waals surface area contributed by atoms with Gasteiger partial charge in [0, 0.05) is 5.75 Å². The molecule has 0 aliphatic carbocycles. The van der Waals surface area contributed by atoms with Crippen molar-refractivity contribution >= 4 is 17.3 Å². The van der Waals surface area contributed by atoms with E-state index in [2.05, 4.69) is 37.0 Å². The van der Waals surface area contributed by atoms with Gasteiger partial charge in [0.15, 0.2) is 0 Å². The zero-order valence-corrected chi connectivity index (χ0v) is 8.77. The molecule has 1 aliphatic heterocycles. The smallest absolute Gasteiger partial charge is 0.0851 e. The molecule has 0 saturated carbocycles. The zero-order valence-electron chi connectivity index (χ0n) is 7.95. The molecule has 0 amide bonds. The highest BCUT2D eigenvalue weighted by Crippen LogP contribution is 2.29. The molecule has 0 fully saturated rings. The van der Waals surface area contributed by atoms with Gasteiger partial charge in [-0.2, -0.15) is 0 Å². The molecule has 1 nitrogen and oxygen atoms in total. The summed E-state index contributed by atoms with van der Waals surface area (Å²) in [6.07, 6.45) is 0. The quantitative estimate of drug-likeness (QED) is 0.664. The van der Waals surface area contributed by atoms with Crippen LogP contribution >= 0.6 is 11.8 Å². The Balaban J connectivity index is 2.37. The van der Waals surface area contributed by atoms with E-state index in [4.69, 9.17) is 0 Å². The fraction of sp³-hybridized carbons (Fsp3) is 0.364. The molecule has 1 heterocycles. The van der Waals surface area contributed by atoms with Crippen LogP contribution in [0.2, 0.25) is 0 Å². The topological polar surface area (TPSA) is 12.4 Å². The van der Waals surface area contributed by atoms with Crippen molar-refractivity contribution in [3.63, 3.8) is 0 Å². The summed E-state index contributed by atoms with van der Waals surface area (Å²) >= 11 is 1.80.